The van der Waals surface area contributed by atoms with Crippen LogP contribution in [0.25, 0.3) is 0 Å². The first-order valence-electron chi connectivity index (χ1n) is 4.98. The topological polar surface area (TPSA) is 97.1 Å². The number of hydrogen-bond acceptors (Lipinski definition) is 5. The standard InChI is InChI=1S/C9H14N4O2S/c1-6-4-8(6)13-16(14,15)7-2-3-9(12-10)11-5-7/h2-3,5-6,8,13H,4,10H2,1H3,(H,11,12). The molecule has 6 nitrogen and oxygen atoms in total. The van der Waals surface area contributed by atoms with Crippen molar-refractivity contribution in [3.8, 4) is 0 Å². The fourth-order valence-electron chi connectivity index (χ4n) is 1.38. The maximum atomic E-state index is 11.8. The van der Waals surface area contributed by atoms with Gasteiger partial charge in [0.2, 0.25) is 10.0 Å². The number of pyridine rings is 1. The molecular formula is C9H14N4O2S. The van der Waals surface area contributed by atoms with Crippen LogP contribution >= 0.6 is 0 Å². The first kappa shape index (κ1) is 11.3. The number of nitrogens with one attached hydrogen (secondary N) is 2. The number of rotatable bonds is 4. The molecular weight excluding hydrogens is 228 g/mol. The summed E-state index contributed by atoms with van der Waals surface area (Å²) in [5.74, 6) is 5.99. The molecule has 0 saturated heterocycles. The zero-order chi connectivity index (χ0) is 11.8. The van der Waals surface area contributed by atoms with E-state index in [1.54, 1.807) is 0 Å². The van der Waals surface area contributed by atoms with Crippen molar-refractivity contribution < 1.29 is 8.42 Å². The van der Waals surface area contributed by atoms with Crippen molar-refractivity contribution in [2.45, 2.75) is 24.3 Å². The van der Waals surface area contributed by atoms with Crippen LogP contribution in [0.15, 0.2) is 23.2 Å². The van der Waals surface area contributed by atoms with Crippen LogP contribution in [0.1, 0.15) is 13.3 Å². The Kier molecular flexibility index (Phi) is 2.83. The third kappa shape index (κ3) is 2.31. The number of aromatic nitrogens is 1. The Balaban J connectivity index is 2.15. The molecule has 2 rings (SSSR count). The second-order valence-electron chi connectivity index (χ2n) is 3.96. The molecule has 7 heteroatoms. The fourth-order valence-corrected chi connectivity index (χ4v) is 2.68. The molecule has 1 aliphatic rings. The summed E-state index contributed by atoms with van der Waals surface area (Å²) in [6.07, 6.45) is 2.18. The number of anilines is 1. The molecule has 88 valence electrons. The van der Waals surface area contributed by atoms with Crippen LogP contribution in [-0.2, 0) is 10.0 Å². The number of nitrogens with zero attached hydrogens (tertiary/aromatic N) is 1. The van der Waals surface area contributed by atoms with Crippen molar-refractivity contribution in [2.75, 3.05) is 5.43 Å². The average Bonchev–Trinajstić information content (AvgIpc) is 2.93. The van der Waals surface area contributed by atoms with E-state index in [1.165, 1.54) is 18.3 Å². The molecule has 4 N–H and O–H groups in total. The molecule has 0 radical (unpaired) electrons. The highest BCUT2D eigenvalue weighted by molar-refractivity contribution is 7.89. The van der Waals surface area contributed by atoms with Gasteiger partial charge in [0.05, 0.1) is 0 Å². The summed E-state index contributed by atoms with van der Waals surface area (Å²) in [4.78, 5) is 4.01. The van der Waals surface area contributed by atoms with Crippen molar-refractivity contribution >= 4 is 15.8 Å². The van der Waals surface area contributed by atoms with Crippen LogP contribution in [-0.4, -0.2) is 19.4 Å². The largest absolute Gasteiger partial charge is 0.308 e. The van der Waals surface area contributed by atoms with Crippen molar-refractivity contribution in [1.82, 2.24) is 9.71 Å². The zero-order valence-corrected chi connectivity index (χ0v) is 9.66. The van der Waals surface area contributed by atoms with Gasteiger partial charge in [-0.15, -0.1) is 0 Å². The Morgan fingerprint density at radius 3 is 2.62 bits per heavy atom. The summed E-state index contributed by atoms with van der Waals surface area (Å²) in [6, 6.07) is 3.06. The van der Waals surface area contributed by atoms with Crippen molar-refractivity contribution in [3.05, 3.63) is 18.3 Å². The van der Waals surface area contributed by atoms with E-state index >= 15 is 0 Å². The molecule has 0 bridgehead atoms. The van der Waals surface area contributed by atoms with Gasteiger partial charge in [0.1, 0.15) is 10.7 Å². The number of nitrogens with two attached hydrogens (primary N) is 1. The zero-order valence-electron chi connectivity index (χ0n) is 8.84. The van der Waals surface area contributed by atoms with Crippen LogP contribution in [0.2, 0.25) is 0 Å². The van der Waals surface area contributed by atoms with Crippen LogP contribution in [0.4, 0.5) is 5.82 Å². The minimum Gasteiger partial charge on any atom is -0.308 e. The number of sulfonamides is 1. The number of hydrogen-bond donors (Lipinski definition) is 3. The highest BCUT2D eigenvalue weighted by Crippen LogP contribution is 2.30. The Morgan fingerprint density at radius 2 is 2.19 bits per heavy atom. The summed E-state index contributed by atoms with van der Waals surface area (Å²) in [6.45, 7) is 2.01. The normalized spacial score (nSPS) is 24.1. The van der Waals surface area contributed by atoms with Gasteiger partial charge in [0, 0.05) is 12.2 Å². The number of nitrogen functional groups attached to an aromatic ring is 1. The molecule has 0 amide bonds. The lowest BCUT2D eigenvalue weighted by Gasteiger charge is -2.06. The second-order valence-corrected chi connectivity index (χ2v) is 5.68. The van der Waals surface area contributed by atoms with Crippen LogP contribution < -0.4 is 16.0 Å². The summed E-state index contributed by atoms with van der Waals surface area (Å²) >= 11 is 0. The smallest absolute Gasteiger partial charge is 0.242 e. The highest BCUT2D eigenvalue weighted by Gasteiger charge is 2.36. The predicted molar refractivity (Wildman–Crippen MR) is 59.9 cm³/mol. The van der Waals surface area contributed by atoms with Gasteiger partial charge in [-0.2, -0.15) is 0 Å². The van der Waals surface area contributed by atoms with E-state index in [-0.39, 0.29) is 10.9 Å². The first-order chi connectivity index (χ1) is 7.53. The molecule has 0 aromatic carbocycles. The van der Waals surface area contributed by atoms with Crippen molar-refractivity contribution in [3.63, 3.8) is 0 Å². The molecule has 1 fully saturated rings. The summed E-state index contributed by atoms with van der Waals surface area (Å²) in [5, 5.41) is 0. The van der Waals surface area contributed by atoms with E-state index < -0.39 is 10.0 Å². The van der Waals surface area contributed by atoms with Crippen molar-refractivity contribution in [2.24, 2.45) is 11.8 Å². The second kappa shape index (κ2) is 4.00. The van der Waals surface area contributed by atoms with Crippen LogP contribution in [0.3, 0.4) is 0 Å². The van der Waals surface area contributed by atoms with Crippen LogP contribution in [0.5, 0.6) is 0 Å². The van der Waals surface area contributed by atoms with Gasteiger partial charge in [-0.25, -0.2) is 24.0 Å². The van der Waals surface area contributed by atoms with Gasteiger partial charge in [0.25, 0.3) is 0 Å². The lowest BCUT2D eigenvalue weighted by Crippen LogP contribution is -2.27. The third-order valence-electron chi connectivity index (χ3n) is 2.61. The molecule has 1 saturated carbocycles. The average molecular weight is 242 g/mol. The van der Waals surface area contributed by atoms with E-state index in [0.717, 1.165) is 6.42 Å². The molecule has 0 aliphatic heterocycles. The van der Waals surface area contributed by atoms with Crippen molar-refractivity contribution in [1.29, 1.82) is 0 Å². The summed E-state index contributed by atoms with van der Waals surface area (Å²) < 4.78 is 26.3. The molecule has 1 aromatic rings. The van der Waals surface area contributed by atoms with E-state index in [4.69, 9.17) is 5.84 Å². The maximum absolute atomic E-state index is 11.8. The quantitative estimate of drug-likeness (QED) is 0.512. The first-order valence-corrected chi connectivity index (χ1v) is 6.46. The fraction of sp³-hybridized carbons (Fsp3) is 0.444. The van der Waals surface area contributed by atoms with E-state index in [2.05, 4.69) is 15.1 Å². The van der Waals surface area contributed by atoms with Crippen LogP contribution in [0, 0.1) is 5.92 Å². The minimum atomic E-state index is -3.44. The van der Waals surface area contributed by atoms with Gasteiger partial charge >= 0.3 is 0 Å². The highest BCUT2D eigenvalue weighted by atomic mass is 32.2. The molecule has 1 aromatic heterocycles. The predicted octanol–water partition coefficient (Wildman–Crippen LogP) is 0.0539. The van der Waals surface area contributed by atoms with E-state index in [1.807, 2.05) is 6.92 Å². The Hall–Kier alpha value is -1.18. The maximum Gasteiger partial charge on any atom is 0.242 e. The SMILES string of the molecule is CC1CC1NS(=O)(=O)c1ccc(NN)nc1. The molecule has 2 atom stereocenters. The Morgan fingerprint density at radius 1 is 1.50 bits per heavy atom. The summed E-state index contributed by atoms with van der Waals surface area (Å²) in [7, 11) is -3.44. The summed E-state index contributed by atoms with van der Waals surface area (Å²) in [5.41, 5.74) is 2.34. The van der Waals surface area contributed by atoms with Gasteiger partial charge < -0.3 is 5.43 Å². The minimum absolute atomic E-state index is 0.0670. The molecule has 1 aliphatic carbocycles. The van der Waals surface area contributed by atoms with Gasteiger partial charge in [-0.3, -0.25) is 0 Å². The molecule has 0 spiro atoms. The molecule has 16 heavy (non-hydrogen) atoms. The number of hydrazine groups is 1. The lowest BCUT2D eigenvalue weighted by molar-refractivity contribution is 0.578. The third-order valence-corrected chi connectivity index (χ3v) is 4.09. The van der Waals surface area contributed by atoms with Gasteiger partial charge in [0.15, 0.2) is 0 Å². The van der Waals surface area contributed by atoms with Gasteiger partial charge in [-0.1, -0.05) is 6.92 Å². The lowest BCUT2D eigenvalue weighted by atomic mass is 10.5. The monoisotopic (exact) mass is 242 g/mol. The Labute approximate surface area is 94.3 Å². The Bertz CT molecular complexity index is 471. The molecule has 2 unspecified atom stereocenters. The van der Waals surface area contributed by atoms with E-state index in [9.17, 15) is 8.42 Å². The molecule has 1 heterocycles. The van der Waals surface area contributed by atoms with Gasteiger partial charge in [-0.05, 0) is 24.5 Å². The van der Waals surface area contributed by atoms with E-state index in [0.29, 0.717) is 11.7 Å².